The van der Waals surface area contributed by atoms with Crippen molar-refractivity contribution in [2.45, 2.75) is 13.0 Å². The maximum atomic E-state index is 12.2. The lowest BCUT2D eigenvalue weighted by Crippen LogP contribution is -2.32. The molecule has 0 spiro atoms. The van der Waals surface area contributed by atoms with E-state index in [1.54, 1.807) is 4.57 Å². The molecule has 3 aromatic carbocycles. The molecule has 7 heteroatoms. The summed E-state index contributed by atoms with van der Waals surface area (Å²) in [5.41, 5.74) is 2.66. The van der Waals surface area contributed by atoms with Crippen molar-refractivity contribution >= 4 is 37.7 Å². The fraction of sp³-hybridized carbons (Fsp3) is 0.143. The van der Waals surface area contributed by atoms with Gasteiger partial charge in [0.1, 0.15) is 12.4 Å². The van der Waals surface area contributed by atoms with Gasteiger partial charge in [0, 0.05) is 6.42 Å². The molecule has 0 bridgehead atoms. The van der Waals surface area contributed by atoms with Gasteiger partial charge in [0.15, 0.2) is 0 Å². The molecule has 4 rings (SSSR count). The minimum absolute atomic E-state index is 0.117. The number of nitrogens with zero attached hydrogens (tertiary/aromatic N) is 2. The molecule has 142 valence electrons. The number of nitrogens with one attached hydrogen (secondary N) is 1. The number of benzene rings is 3. The minimum atomic E-state index is -3.61. The third-order valence-electron chi connectivity index (χ3n) is 4.56. The van der Waals surface area contributed by atoms with Crippen LogP contribution < -0.4 is 4.72 Å². The summed E-state index contributed by atoms with van der Waals surface area (Å²) >= 11 is 0. The Kier molecular flexibility index (Phi) is 4.60. The molecule has 0 aliphatic heterocycles. The summed E-state index contributed by atoms with van der Waals surface area (Å²) in [6.07, 6.45) is 1.50. The normalized spacial score (nSPS) is 11.8. The number of amides is 1. The van der Waals surface area contributed by atoms with Gasteiger partial charge in [0.25, 0.3) is 5.91 Å². The number of fused-ring (bicyclic) bond motifs is 2. The van der Waals surface area contributed by atoms with Crippen molar-refractivity contribution in [2.75, 3.05) is 6.26 Å². The molecule has 0 saturated heterocycles. The average molecular weight is 393 g/mol. The molecular weight excluding hydrogens is 374 g/mol. The van der Waals surface area contributed by atoms with Crippen LogP contribution in [0.1, 0.15) is 11.4 Å². The second kappa shape index (κ2) is 7.09. The lowest BCUT2D eigenvalue weighted by Gasteiger charge is -2.11. The average Bonchev–Trinajstić information content (AvgIpc) is 2.98. The van der Waals surface area contributed by atoms with Gasteiger partial charge in [-0.15, -0.1) is 0 Å². The largest absolute Gasteiger partial charge is 0.318 e. The number of aromatic nitrogens is 2. The highest BCUT2D eigenvalue weighted by molar-refractivity contribution is 7.89. The minimum Gasteiger partial charge on any atom is -0.318 e. The Labute approximate surface area is 162 Å². The van der Waals surface area contributed by atoms with Crippen LogP contribution in [-0.4, -0.2) is 30.1 Å². The van der Waals surface area contributed by atoms with E-state index >= 15 is 0 Å². The number of para-hydroxylation sites is 2. The summed E-state index contributed by atoms with van der Waals surface area (Å²) in [7, 11) is -3.61. The first-order chi connectivity index (χ1) is 13.4. The molecule has 0 saturated carbocycles. The first-order valence-electron chi connectivity index (χ1n) is 8.82. The van der Waals surface area contributed by atoms with Gasteiger partial charge < -0.3 is 4.57 Å². The summed E-state index contributed by atoms with van der Waals surface area (Å²) in [6, 6.07) is 21.7. The van der Waals surface area contributed by atoms with Crippen LogP contribution in [0.2, 0.25) is 0 Å². The molecule has 0 unspecified atom stereocenters. The number of carbonyl (C=O) groups is 1. The molecule has 6 nitrogen and oxygen atoms in total. The summed E-state index contributed by atoms with van der Waals surface area (Å²) < 4.78 is 26.6. The van der Waals surface area contributed by atoms with Gasteiger partial charge in [-0.1, -0.05) is 54.6 Å². The zero-order valence-electron chi connectivity index (χ0n) is 15.3. The summed E-state index contributed by atoms with van der Waals surface area (Å²) in [5.74, 6) is 0.117. The van der Waals surface area contributed by atoms with Crippen LogP contribution in [0.5, 0.6) is 0 Å². The number of rotatable bonds is 5. The van der Waals surface area contributed by atoms with Crippen molar-refractivity contribution in [1.29, 1.82) is 0 Å². The van der Waals surface area contributed by atoms with Crippen molar-refractivity contribution in [3.63, 3.8) is 0 Å². The topological polar surface area (TPSA) is 81.1 Å². The van der Waals surface area contributed by atoms with E-state index in [2.05, 4.69) is 18.2 Å². The zero-order chi connectivity index (χ0) is 19.7. The Morgan fingerprint density at radius 2 is 1.71 bits per heavy atom. The molecule has 0 radical (unpaired) electrons. The zero-order valence-corrected chi connectivity index (χ0v) is 16.1. The van der Waals surface area contributed by atoms with Crippen molar-refractivity contribution in [2.24, 2.45) is 0 Å². The molecule has 1 heterocycles. The van der Waals surface area contributed by atoms with Crippen LogP contribution in [0.15, 0.2) is 66.7 Å². The van der Waals surface area contributed by atoms with Gasteiger partial charge in [-0.2, -0.15) is 0 Å². The standard InChI is InChI=1S/C21H19N3O3S/c1-28(26,27)23-21(25)14-24-19-12-5-4-11-18(19)22-20(24)13-16-9-6-8-15-7-2-3-10-17(15)16/h2-12H,13-14H2,1H3,(H,23,25). The van der Waals surface area contributed by atoms with Crippen LogP contribution >= 0.6 is 0 Å². The fourth-order valence-corrected chi connectivity index (χ4v) is 3.91. The van der Waals surface area contributed by atoms with Crippen molar-refractivity contribution in [3.05, 3.63) is 78.1 Å². The summed E-state index contributed by atoms with van der Waals surface area (Å²) in [6.45, 7) is -0.117. The summed E-state index contributed by atoms with van der Waals surface area (Å²) in [5, 5.41) is 2.27. The second-order valence-corrected chi connectivity index (χ2v) is 8.46. The van der Waals surface area contributed by atoms with Gasteiger partial charge >= 0.3 is 0 Å². The van der Waals surface area contributed by atoms with Crippen LogP contribution in [0, 0.1) is 0 Å². The Bertz CT molecular complexity index is 1290. The molecule has 0 atom stereocenters. The predicted molar refractivity (Wildman–Crippen MR) is 109 cm³/mol. The molecular formula is C21H19N3O3S. The lowest BCUT2D eigenvalue weighted by atomic mass is 10.0. The van der Waals surface area contributed by atoms with Gasteiger partial charge in [-0.3, -0.25) is 9.52 Å². The molecule has 1 N–H and O–H groups in total. The first-order valence-corrected chi connectivity index (χ1v) is 10.7. The van der Waals surface area contributed by atoms with E-state index in [4.69, 9.17) is 4.98 Å². The van der Waals surface area contributed by atoms with Gasteiger partial charge in [-0.05, 0) is 28.5 Å². The van der Waals surface area contributed by atoms with Crippen LogP contribution in [0.4, 0.5) is 0 Å². The second-order valence-electron chi connectivity index (χ2n) is 6.72. The highest BCUT2D eigenvalue weighted by atomic mass is 32.2. The van der Waals surface area contributed by atoms with Crippen molar-refractivity contribution < 1.29 is 13.2 Å². The molecule has 28 heavy (non-hydrogen) atoms. The third kappa shape index (κ3) is 3.75. The molecule has 1 aromatic heterocycles. The number of sulfonamides is 1. The molecule has 0 aliphatic carbocycles. The van der Waals surface area contributed by atoms with E-state index < -0.39 is 15.9 Å². The van der Waals surface area contributed by atoms with E-state index in [-0.39, 0.29) is 6.54 Å². The smallest absolute Gasteiger partial charge is 0.253 e. The SMILES string of the molecule is CS(=O)(=O)NC(=O)Cn1c(Cc2cccc3ccccc23)nc2ccccc21. The van der Waals surface area contributed by atoms with Gasteiger partial charge in [0.2, 0.25) is 10.0 Å². The molecule has 0 aliphatic rings. The number of hydrogen-bond donors (Lipinski definition) is 1. The van der Waals surface area contributed by atoms with E-state index in [1.165, 1.54) is 0 Å². The number of hydrogen-bond acceptors (Lipinski definition) is 4. The van der Waals surface area contributed by atoms with Crippen molar-refractivity contribution in [3.8, 4) is 0 Å². The first kappa shape index (κ1) is 18.2. The number of carbonyl (C=O) groups excluding carboxylic acids is 1. The van der Waals surface area contributed by atoms with Crippen molar-refractivity contribution in [1.82, 2.24) is 14.3 Å². The molecule has 0 fully saturated rings. The highest BCUT2D eigenvalue weighted by Crippen LogP contribution is 2.23. The quantitative estimate of drug-likeness (QED) is 0.565. The maximum Gasteiger partial charge on any atom is 0.253 e. The van der Waals surface area contributed by atoms with Crippen LogP contribution in [0.25, 0.3) is 21.8 Å². The Morgan fingerprint density at radius 3 is 2.54 bits per heavy atom. The Hall–Kier alpha value is -3.19. The van der Waals surface area contributed by atoms with Gasteiger partial charge in [0.05, 0.1) is 17.3 Å². The van der Waals surface area contributed by atoms with Crippen LogP contribution in [-0.2, 0) is 27.8 Å². The lowest BCUT2D eigenvalue weighted by molar-refractivity contribution is -0.119. The highest BCUT2D eigenvalue weighted by Gasteiger charge is 2.16. The molecule has 4 aromatic rings. The summed E-state index contributed by atoms with van der Waals surface area (Å²) in [4.78, 5) is 16.9. The monoisotopic (exact) mass is 393 g/mol. The fourth-order valence-electron chi connectivity index (χ4n) is 3.44. The van der Waals surface area contributed by atoms with E-state index in [9.17, 15) is 13.2 Å². The van der Waals surface area contributed by atoms with E-state index in [0.29, 0.717) is 12.2 Å². The maximum absolute atomic E-state index is 12.2. The Morgan fingerprint density at radius 1 is 1.00 bits per heavy atom. The van der Waals surface area contributed by atoms with E-state index in [0.717, 1.165) is 33.6 Å². The molecule has 1 amide bonds. The third-order valence-corrected chi connectivity index (χ3v) is 5.16. The van der Waals surface area contributed by atoms with Gasteiger partial charge in [-0.25, -0.2) is 13.4 Å². The predicted octanol–water partition coefficient (Wildman–Crippen LogP) is 2.86. The van der Waals surface area contributed by atoms with E-state index in [1.807, 2.05) is 53.3 Å². The number of imidazole rings is 1. The Balaban J connectivity index is 1.77. The van der Waals surface area contributed by atoms with Crippen LogP contribution in [0.3, 0.4) is 0 Å².